The summed E-state index contributed by atoms with van der Waals surface area (Å²) in [6.45, 7) is 8.02. The molecule has 1 atom stereocenters. The molecule has 1 saturated heterocycles. The van der Waals surface area contributed by atoms with Gasteiger partial charge in [0.25, 0.3) is 0 Å². The largest absolute Gasteiger partial charge is 0.355 e. The Balaban J connectivity index is 1.60. The Morgan fingerprint density at radius 1 is 1.21 bits per heavy atom. The Morgan fingerprint density at radius 2 is 2.04 bits per heavy atom. The van der Waals surface area contributed by atoms with Gasteiger partial charge in [-0.1, -0.05) is 42.5 Å². The summed E-state index contributed by atoms with van der Waals surface area (Å²) in [6, 6.07) is 10.2. The molecule has 0 radical (unpaired) electrons. The normalized spacial score (nSPS) is 18.6. The molecular weight excluding hydrogens is 348 g/mol. The summed E-state index contributed by atoms with van der Waals surface area (Å²) in [5.41, 5.74) is 4.48. The van der Waals surface area contributed by atoms with Gasteiger partial charge in [-0.15, -0.1) is 0 Å². The van der Waals surface area contributed by atoms with Gasteiger partial charge < -0.3 is 10.2 Å². The molecule has 1 aromatic heterocycles. The third kappa shape index (κ3) is 3.93. The predicted molar refractivity (Wildman–Crippen MR) is 112 cm³/mol. The molecule has 1 fully saturated rings. The van der Waals surface area contributed by atoms with Gasteiger partial charge in [-0.25, -0.2) is 9.97 Å². The molecule has 2 aliphatic rings. The Kier molecular flexibility index (Phi) is 5.42. The number of fused-ring (bicyclic) bond motifs is 1. The molecule has 5 nitrogen and oxygen atoms in total. The van der Waals surface area contributed by atoms with Crippen LogP contribution in [0, 0.1) is 5.92 Å². The number of nitrogens with one attached hydrogen (secondary N) is 1. The quantitative estimate of drug-likeness (QED) is 0.811. The van der Waals surface area contributed by atoms with E-state index in [1.54, 1.807) is 0 Å². The molecule has 0 saturated carbocycles. The molecule has 2 aromatic rings. The molecule has 0 bridgehead atoms. The van der Waals surface area contributed by atoms with Gasteiger partial charge in [0, 0.05) is 36.5 Å². The lowest BCUT2D eigenvalue weighted by atomic mass is 9.96. The van der Waals surface area contributed by atoms with Crippen LogP contribution in [-0.4, -0.2) is 35.5 Å². The number of nitrogens with zero attached hydrogens (tertiary/aromatic N) is 3. The first kappa shape index (κ1) is 18.7. The van der Waals surface area contributed by atoms with E-state index >= 15 is 0 Å². The Bertz CT molecular complexity index is 878. The lowest BCUT2D eigenvalue weighted by Crippen LogP contribution is -2.44. The minimum Gasteiger partial charge on any atom is -0.355 e. The summed E-state index contributed by atoms with van der Waals surface area (Å²) in [5.74, 6) is 1.96. The van der Waals surface area contributed by atoms with Crippen LogP contribution in [0.3, 0.4) is 0 Å². The molecule has 0 unspecified atom stereocenters. The number of aryl methyl sites for hydroxylation is 1. The molecule has 0 spiro atoms. The van der Waals surface area contributed by atoms with Crippen molar-refractivity contribution in [3.8, 4) is 11.4 Å². The summed E-state index contributed by atoms with van der Waals surface area (Å²) >= 11 is 0. The highest BCUT2D eigenvalue weighted by Gasteiger charge is 2.30. The van der Waals surface area contributed by atoms with Crippen LogP contribution in [0.4, 0.5) is 5.82 Å². The highest BCUT2D eigenvalue weighted by atomic mass is 16.1. The van der Waals surface area contributed by atoms with Crippen LogP contribution in [0.1, 0.15) is 37.4 Å². The van der Waals surface area contributed by atoms with Crippen LogP contribution in [0.15, 0.2) is 42.5 Å². The van der Waals surface area contributed by atoms with E-state index in [2.05, 4.69) is 28.9 Å². The number of amides is 1. The van der Waals surface area contributed by atoms with Crippen LogP contribution < -0.4 is 10.2 Å². The Morgan fingerprint density at radius 3 is 2.82 bits per heavy atom. The zero-order valence-electron chi connectivity index (χ0n) is 16.6. The maximum atomic E-state index is 12.6. The maximum Gasteiger partial charge on any atom is 0.225 e. The van der Waals surface area contributed by atoms with E-state index in [9.17, 15) is 4.79 Å². The lowest BCUT2D eigenvalue weighted by molar-refractivity contribution is -0.125. The number of aromatic nitrogens is 2. The topological polar surface area (TPSA) is 58.1 Å². The van der Waals surface area contributed by atoms with Crippen LogP contribution in [-0.2, 0) is 17.6 Å². The van der Waals surface area contributed by atoms with Crippen molar-refractivity contribution in [3.05, 3.63) is 53.7 Å². The number of benzene rings is 1. The predicted octanol–water partition coefficient (Wildman–Crippen LogP) is 3.54. The summed E-state index contributed by atoms with van der Waals surface area (Å²) in [5, 5.41) is 3.02. The number of anilines is 1. The number of hydrogen-bond donors (Lipinski definition) is 1. The Labute approximate surface area is 166 Å². The van der Waals surface area contributed by atoms with Crippen molar-refractivity contribution >= 4 is 11.7 Å². The van der Waals surface area contributed by atoms with Crippen LogP contribution in [0.2, 0.25) is 0 Å². The van der Waals surface area contributed by atoms with Gasteiger partial charge in [0.1, 0.15) is 5.82 Å². The monoisotopic (exact) mass is 376 g/mol. The maximum absolute atomic E-state index is 12.6. The first-order valence-electron chi connectivity index (χ1n) is 10.2. The second-order valence-corrected chi connectivity index (χ2v) is 7.98. The second-order valence-electron chi connectivity index (χ2n) is 7.98. The van der Waals surface area contributed by atoms with Crippen molar-refractivity contribution in [2.24, 2.45) is 5.92 Å². The molecule has 28 heavy (non-hydrogen) atoms. The van der Waals surface area contributed by atoms with Crippen LogP contribution in [0.5, 0.6) is 0 Å². The summed E-state index contributed by atoms with van der Waals surface area (Å²) in [4.78, 5) is 24.7. The molecule has 1 aliphatic heterocycles. The molecule has 1 amide bonds. The third-order valence-electron chi connectivity index (χ3n) is 5.60. The van der Waals surface area contributed by atoms with E-state index < -0.39 is 0 Å². The van der Waals surface area contributed by atoms with Gasteiger partial charge in [-0.3, -0.25) is 4.79 Å². The number of piperidine rings is 1. The smallest absolute Gasteiger partial charge is 0.225 e. The lowest BCUT2D eigenvalue weighted by Gasteiger charge is -2.34. The van der Waals surface area contributed by atoms with Crippen molar-refractivity contribution in [2.75, 3.05) is 24.5 Å². The fraction of sp³-hybridized carbons (Fsp3) is 0.435. The molecule has 146 valence electrons. The second kappa shape index (κ2) is 8.13. The highest BCUT2D eigenvalue weighted by molar-refractivity contribution is 5.80. The number of carbonyl (C=O) groups is 1. The van der Waals surface area contributed by atoms with Gasteiger partial charge in [-0.05, 0) is 39.0 Å². The SMILES string of the molecule is C=C(C)CNC(=O)[C@@H]1CCCN(c2nc(-c3ccccc3)nc3c2CCC3)C1. The molecule has 1 N–H and O–H groups in total. The summed E-state index contributed by atoms with van der Waals surface area (Å²) in [6.07, 6.45) is 5.11. The van der Waals surface area contributed by atoms with E-state index in [0.29, 0.717) is 6.54 Å². The first-order valence-corrected chi connectivity index (χ1v) is 10.2. The minimum atomic E-state index is 0.000272. The standard InChI is InChI=1S/C23H28N4O/c1-16(2)14-24-23(28)18-10-7-13-27(15-18)22-19-11-6-12-20(19)25-21(26-22)17-8-4-3-5-9-17/h3-5,8-9,18H,1,6-7,10-15H2,2H3,(H,24,28)/t18-/m1/s1. The number of hydrogen-bond acceptors (Lipinski definition) is 4. The average molecular weight is 377 g/mol. The molecule has 2 heterocycles. The number of carbonyl (C=O) groups excluding carboxylic acids is 1. The van der Waals surface area contributed by atoms with Gasteiger partial charge in [0.2, 0.25) is 5.91 Å². The van der Waals surface area contributed by atoms with E-state index in [1.807, 2.05) is 25.1 Å². The fourth-order valence-corrected chi connectivity index (χ4v) is 4.16. The van der Waals surface area contributed by atoms with Crippen molar-refractivity contribution < 1.29 is 4.79 Å². The molecule has 5 heteroatoms. The van der Waals surface area contributed by atoms with Crippen LogP contribution >= 0.6 is 0 Å². The van der Waals surface area contributed by atoms with Crippen molar-refractivity contribution in [3.63, 3.8) is 0 Å². The van der Waals surface area contributed by atoms with Crippen molar-refractivity contribution in [1.29, 1.82) is 0 Å². The minimum absolute atomic E-state index is 0.000272. The molecular formula is C23H28N4O. The van der Waals surface area contributed by atoms with Crippen LogP contribution in [0.25, 0.3) is 11.4 Å². The molecule has 1 aromatic carbocycles. The van der Waals surface area contributed by atoms with Gasteiger partial charge in [0.15, 0.2) is 5.82 Å². The van der Waals surface area contributed by atoms with Gasteiger partial charge >= 0.3 is 0 Å². The van der Waals surface area contributed by atoms with E-state index in [4.69, 9.17) is 9.97 Å². The van der Waals surface area contributed by atoms with Gasteiger partial charge in [-0.2, -0.15) is 0 Å². The zero-order valence-corrected chi connectivity index (χ0v) is 16.6. The summed E-state index contributed by atoms with van der Waals surface area (Å²) in [7, 11) is 0. The van der Waals surface area contributed by atoms with Crippen molar-refractivity contribution in [2.45, 2.75) is 39.0 Å². The zero-order chi connectivity index (χ0) is 19.5. The number of rotatable bonds is 5. The van der Waals surface area contributed by atoms with E-state index in [-0.39, 0.29) is 11.8 Å². The van der Waals surface area contributed by atoms with E-state index in [0.717, 1.165) is 68.0 Å². The average Bonchev–Trinajstić information content (AvgIpc) is 3.20. The van der Waals surface area contributed by atoms with E-state index in [1.165, 1.54) is 11.3 Å². The Hall–Kier alpha value is -2.69. The molecule has 4 rings (SSSR count). The fourth-order valence-electron chi connectivity index (χ4n) is 4.16. The van der Waals surface area contributed by atoms with Crippen molar-refractivity contribution in [1.82, 2.24) is 15.3 Å². The highest BCUT2D eigenvalue weighted by Crippen LogP contribution is 2.33. The molecule has 1 aliphatic carbocycles. The summed E-state index contributed by atoms with van der Waals surface area (Å²) < 4.78 is 0. The third-order valence-corrected chi connectivity index (χ3v) is 5.60. The first-order chi connectivity index (χ1) is 13.6. The van der Waals surface area contributed by atoms with Gasteiger partial charge in [0.05, 0.1) is 5.92 Å².